The second-order valence-electron chi connectivity index (χ2n) is 6.36. The Morgan fingerprint density at radius 3 is 2.26 bits per heavy atom. The first kappa shape index (κ1) is 14.5. The number of anilines is 2. The van der Waals surface area contributed by atoms with Crippen LogP contribution < -0.4 is 15.4 Å². The number of aromatic nitrogens is 3. The van der Waals surface area contributed by atoms with Gasteiger partial charge in [-0.1, -0.05) is 11.6 Å². The quantitative estimate of drug-likeness (QED) is 0.832. The smallest absolute Gasteiger partial charge is 0.255 e. The normalized spacial score (nSPS) is 23.4. The molecule has 2 aliphatic rings. The predicted octanol–water partition coefficient (Wildman–Crippen LogP) is 1.40. The number of rotatable bonds is 2. The minimum atomic E-state index is -0.0148. The molecular formula is C16H18ClN5O. The van der Waals surface area contributed by atoms with Gasteiger partial charge in [0.25, 0.3) is 5.56 Å². The van der Waals surface area contributed by atoms with Crippen molar-refractivity contribution in [3.63, 3.8) is 0 Å². The summed E-state index contributed by atoms with van der Waals surface area (Å²) in [5.41, 5.74) is -0.0148. The third-order valence-corrected chi connectivity index (χ3v) is 5.03. The van der Waals surface area contributed by atoms with Crippen LogP contribution in [0.4, 0.5) is 11.6 Å². The molecule has 2 fully saturated rings. The highest BCUT2D eigenvalue weighted by molar-refractivity contribution is 6.30. The molecule has 2 aliphatic heterocycles. The number of pyridine rings is 1. The minimum absolute atomic E-state index is 0.0148. The van der Waals surface area contributed by atoms with Crippen LogP contribution in [0.3, 0.4) is 0 Å². The van der Waals surface area contributed by atoms with Gasteiger partial charge in [0.1, 0.15) is 11.6 Å². The van der Waals surface area contributed by atoms with Gasteiger partial charge in [-0.25, -0.2) is 9.97 Å². The van der Waals surface area contributed by atoms with E-state index < -0.39 is 0 Å². The number of halogens is 1. The van der Waals surface area contributed by atoms with E-state index in [9.17, 15) is 4.79 Å². The molecule has 4 heterocycles. The molecule has 2 aromatic rings. The molecule has 0 N–H and O–H groups in total. The summed E-state index contributed by atoms with van der Waals surface area (Å²) in [5, 5.41) is 0.663. The van der Waals surface area contributed by atoms with Crippen molar-refractivity contribution in [2.24, 2.45) is 18.9 Å². The van der Waals surface area contributed by atoms with Crippen LogP contribution in [0.5, 0.6) is 0 Å². The highest BCUT2D eigenvalue weighted by Gasteiger charge is 2.40. The Balaban J connectivity index is 1.46. The van der Waals surface area contributed by atoms with E-state index in [-0.39, 0.29) is 5.56 Å². The Labute approximate surface area is 139 Å². The van der Waals surface area contributed by atoms with Crippen molar-refractivity contribution in [3.8, 4) is 0 Å². The van der Waals surface area contributed by atoms with Crippen LogP contribution in [0.1, 0.15) is 0 Å². The van der Waals surface area contributed by atoms with Gasteiger partial charge in [-0.05, 0) is 12.1 Å². The van der Waals surface area contributed by atoms with Crippen molar-refractivity contribution in [1.82, 2.24) is 14.5 Å². The van der Waals surface area contributed by atoms with E-state index in [4.69, 9.17) is 11.6 Å². The zero-order chi connectivity index (χ0) is 16.0. The Kier molecular flexibility index (Phi) is 3.49. The molecule has 2 atom stereocenters. The number of nitrogens with zero attached hydrogens (tertiary/aromatic N) is 5. The fraction of sp³-hybridized carbons (Fsp3) is 0.438. The summed E-state index contributed by atoms with van der Waals surface area (Å²) in [7, 11) is 1.72. The molecule has 0 amide bonds. The summed E-state index contributed by atoms with van der Waals surface area (Å²) in [6.07, 6.45) is 3.29. The van der Waals surface area contributed by atoms with Gasteiger partial charge in [-0.15, -0.1) is 0 Å². The Bertz CT molecular complexity index is 761. The standard InChI is InChI=1S/C16H18ClN5O/c1-20-10-19-15(4-16(20)23)22-8-11-6-21(7-12(11)9-22)14-3-2-13(17)5-18-14/h2-5,10-12H,6-9H2,1H3. The van der Waals surface area contributed by atoms with Gasteiger partial charge >= 0.3 is 0 Å². The highest BCUT2D eigenvalue weighted by atomic mass is 35.5. The molecule has 0 saturated carbocycles. The molecular weight excluding hydrogens is 314 g/mol. The second-order valence-corrected chi connectivity index (χ2v) is 6.80. The molecule has 7 heteroatoms. The van der Waals surface area contributed by atoms with Gasteiger partial charge < -0.3 is 14.4 Å². The Hall–Kier alpha value is -2.08. The van der Waals surface area contributed by atoms with Crippen LogP contribution >= 0.6 is 11.6 Å². The lowest BCUT2D eigenvalue weighted by molar-refractivity contribution is 0.533. The van der Waals surface area contributed by atoms with E-state index in [1.54, 1.807) is 25.6 Å². The molecule has 2 aromatic heterocycles. The van der Waals surface area contributed by atoms with Crippen LogP contribution in [0, 0.1) is 11.8 Å². The number of hydrogen-bond acceptors (Lipinski definition) is 5. The summed E-state index contributed by atoms with van der Waals surface area (Å²) in [6.45, 7) is 3.85. The predicted molar refractivity (Wildman–Crippen MR) is 90.1 cm³/mol. The summed E-state index contributed by atoms with van der Waals surface area (Å²) in [5.74, 6) is 2.94. The van der Waals surface area contributed by atoms with Crippen molar-refractivity contribution < 1.29 is 0 Å². The zero-order valence-corrected chi connectivity index (χ0v) is 13.6. The molecule has 4 rings (SSSR count). The van der Waals surface area contributed by atoms with Gasteiger partial charge in [-0.3, -0.25) is 4.79 Å². The SMILES string of the molecule is Cn1cnc(N2CC3CN(c4ccc(Cl)cn4)CC3C2)cc1=O. The first-order valence-electron chi connectivity index (χ1n) is 7.74. The van der Waals surface area contributed by atoms with E-state index >= 15 is 0 Å². The largest absolute Gasteiger partial charge is 0.356 e. The van der Waals surface area contributed by atoms with E-state index in [1.807, 2.05) is 12.1 Å². The Morgan fingerprint density at radius 2 is 1.70 bits per heavy atom. The first-order valence-corrected chi connectivity index (χ1v) is 8.12. The highest BCUT2D eigenvalue weighted by Crippen LogP contribution is 2.34. The average Bonchev–Trinajstić information content (AvgIpc) is 3.09. The topological polar surface area (TPSA) is 54.3 Å². The maximum Gasteiger partial charge on any atom is 0.255 e. The van der Waals surface area contributed by atoms with Gasteiger partial charge in [0.05, 0.1) is 11.3 Å². The van der Waals surface area contributed by atoms with E-state index in [2.05, 4.69) is 19.8 Å². The first-order chi connectivity index (χ1) is 11.1. The molecule has 2 unspecified atom stereocenters. The molecule has 0 spiro atoms. The minimum Gasteiger partial charge on any atom is -0.356 e. The van der Waals surface area contributed by atoms with Crippen molar-refractivity contribution >= 4 is 23.2 Å². The lowest BCUT2D eigenvalue weighted by Crippen LogP contribution is -2.30. The monoisotopic (exact) mass is 331 g/mol. The van der Waals surface area contributed by atoms with Crippen LogP contribution in [-0.2, 0) is 7.05 Å². The van der Waals surface area contributed by atoms with Gasteiger partial charge in [-0.2, -0.15) is 0 Å². The maximum atomic E-state index is 11.8. The van der Waals surface area contributed by atoms with Crippen molar-refractivity contribution in [2.75, 3.05) is 36.0 Å². The van der Waals surface area contributed by atoms with Crippen molar-refractivity contribution in [2.45, 2.75) is 0 Å². The molecule has 0 bridgehead atoms. The fourth-order valence-electron chi connectivity index (χ4n) is 3.55. The van der Waals surface area contributed by atoms with Crippen LogP contribution in [-0.4, -0.2) is 40.7 Å². The summed E-state index contributed by atoms with van der Waals surface area (Å²) in [4.78, 5) is 25.1. The lowest BCUT2D eigenvalue weighted by Gasteiger charge is -2.23. The molecule has 0 radical (unpaired) electrons. The molecule has 120 valence electrons. The second kappa shape index (κ2) is 5.53. The number of aryl methyl sites for hydroxylation is 1. The number of hydrogen-bond donors (Lipinski definition) is 0. The van der Waals surface area contributed by atoms with Gasteiger partial charge in [0, 0.05) is 57.3 Å². The van der Waals surface area contributed by atoms with Gasteiger partial charge in [0.15, 0.2) is 0 Å². The maximum absolute atomic E-state index is 11.8. The third-order valence-electron chi connectivity index (χ3n) is 4.81. The molecule has 23 heavy (non-hydrogen) atoms. The van der Waals surface area contributed by atoms with Gasteiger partial charge in [0.2, 0.25) is 0 Å². The van der Waals surface area contributed by atoms with E-state index in [1.165, 1.54) is 4.57 Å². The molecule has 0 aromatic carbocycles. The number of fused-ring (bicyclic) bond motifs is 1. The lowest BCUT2D eigenvalue weighted by atomic mass is 10.0. The molecule has 6 nitrogen and oxygen atoms in total. The average molecular weight is 332 g/mol. The summed E-state index contributed by atoms with van der Waals surface area (Å²) >= 11 is 5.90. The van der Waals surface area contributed by atoms with E-state index in [0.717, 1.165) is 37.8 Å². The van der Waals surface area contributed by atoms with Crippen molar-refractivity contribution in [3.05, 3.63) is 46.1 Å². The molecule has 0 aliphatic carbocycles. The Morgan fingerprint density at radius 1 is 1.04 bits per heavy atom. The third kappa shape index (κ3) is 2.67. The van der Waals surface area contributed by atoms with Crippen molar-refractivity contribution in [1.29, 1.82) is 0 Å². The van der Waals surface area contributed by atoms with E-state index in [0.29, 0.717) is 16.9 Å². The summed E-state index contributed by atoms with van der Waals surface area (Å²) in [6, 6.07) is 5.48. The van der Waals surface area contributed by atoms with Crippen LogP contribution in [0.2, 0.25) is 5.02 Å². The molecule has 2 saturated heterocycles. The van der Waals surface area contributed by atoms with Crippen LogP contribution in [0.15, 0.2) is 35.5 Å². The fourth-order valence-corrected chi connectivity index (χ4v) is 3.66. The van der Waals surface area contributed by atoms with Crippen LogP contribution in [0.25, 0.3) is 0 Å². The summed E-state index contributed by atoms with van der Waals surface area (Å²) < 4.78 is 1.49. The zero-order valence-electron chi connectivity index (χ0n) is 12.9.